The van der Waals surface area contributed by atoms with E-state index >= 15 is 0 Å². The molecular formula is C25H25Cl2NO6. The lowest BCUT2D eigenvalue weighted by atomic mass is 9.94. The Hall–Kier alpha value is -2.74. The van der Waals surface area contributed by atoms with Crippen LogP contribution in [0, 0.1) is 6.92 Å². The Morgan fingerprint density at radius 1 is 1.18 bits per heavy atom. The molecule has 4 rings (SSSR count). The van der Waals surface area contributed by atoms with E-state index in [1.54, 1.807) is 0 Å². The lowest BCUT2D eigenvalue weighted by Crippen LogP contribution is -2.36. The highest BCUT2D eigenvalue weighted by Gasteiger charge is 2.47. The smallest absolute Gasteiger partial charge is 0.295 e. The van der Waals surface area contributed by atoms with Crippen LogP contribution >= 0.6 is 23.2 Å². The Labute approximate surface area is 207 Å². The number of nitrogens with zero attached hydrogens (tertiary/aromatic N) is 1. The summed E-state index contributed by atoms with van der Waals surface area (Å²) in [7, 11) is 2.78. The average Bonchev–Trinajstić information content (AvgIpc) is 3.41. The Morgan fingerprint density at radius 3 is 2.53 bits per heavy atom. The van der Waals surface area contributed by atoms with Gasteiger partial charge in [-0.1, -0.05) is 53.0 Å². The van der Waals surface area contributed by atoms with E-state index in [-0.39, 0.29) is 45.3 Å². The van der Waals surface area contributed by atoms with E-state index in [1.165, 1.54) is 25.2 Å². The largest absolute Gasteiger partial charge is 0.507 e. The van der Waals surface area contributed by atoms with Crippen LogP contribution in [0.3, 0.4) is 0 Å². The highest BCUT2D eigenvalue weighted by atomic mass is 35.5. The molecule has 180 valence electrons. The highest BCUT2D eigenvalue weighted by Crippen LogP contribution is 2.47. The van der Waals surface area contributed by atoms with Crippen molar-refractivity contribution in [2.24, 2.45) is 0 Å². The zero-order chi connectivity index (χ0) is 24.6. The molecular weight excluding hydrogens is 481 g/mol. The maximum absolute atomic E-state index is 13.3. The van der Waals surface area contributed by atoms with E-state index in [1.807, 2.05) is 31.2 Å². The van der Waals surface area contributed by atoms with Gasteiger partial charge < -0.3 is 24.2 Å². The van der Waals surface area contributed by atoms with Crippen LogP contribution < -0.4 is 9.47 Å². The van der Waals surface area contributed by atoms with Gasteiger partial charge in [0.2, 0.25) is 0 Å². The second kappa shape index (κ2) is 9.86. The van der Waals surface area contributed by atoms with Gasteiger partial charge in [0.05, 0.1) is 42.5 Å². The molecule has 0 aliphatic carbocycles. The van der Waals surface area contributed by atoms with Crippen LogP contribution in [0.15, 0.2) is 35.9 Å². The number of hydrogen-bond donors (Lipinski definition) is 1. The molecule has 2 aliphatic heterocycles. The number of aryl methyl sites for hydroxylation is 1. The third kappa shape index (κ3) is 4.24. The van der Waals surface area contributed by atoms with Gasteiger partial charge in [0.15, 0.2) is 11.5 Å². The fourth-order valence-corrected chi connectivity index (χ4v) is 5.24. The van der Waals surface area contributed by atoms with Gasteiger partial charge in [-0.15, -0.1) is 0 Å². The predicted octanol–water partition coefficient (Wildman–Crippen LogP) is 4.92. The summed E-state index contributed by atoms with van der Waals surface area (Å²) in [5.74, 6) is -1.68. The molecule has 7 nitrogen and oxygen atoms in total. The highest BCUT2D eigenvalue weighted by molar-refractivity contribution is 6.47. The zero-order valence-electron chi connectivity index (χ0n) is 19.1. The van der Waals surface area contributed by atoms with Crippen molar-refractivity contribution in [1.29, 1.82) is 0 Å². The summed E-state index contributed by atoms with van der Waals surface area (Å²) in [6.45, 7) is 2.77. The molecule has 0 bridgehead atoms. The molecule has 34 heavy (non-hydrogen) atoms. The van der Waals surface area contributed by atoms with Crippen molar-refractivity contribution < 1.29 is 28.9 Å². The number of methoxy groups -OCH3 is 2. The number of halogens is 2. The molecule has 0 aromatic heterocycles. The third-order valence-corrected chi connectivity index (χ3v) is 6.74. The molecule has 0 saturated carbocycles. The van der Waals surface area contributed by atoms with Gasteiger partial charge in [-0.2, -0.15) is 0 Å². The van der Waals surface area contributed by atoms with Crippen molar-refractivity contribution in [3.05, 3.63) is 62.6 Å². The van der Waals surface area contributed by atoms with Crippen LogP contribution in [-0.2, 0) is 14.3 Å². The van der Waals surface area contributed by atoms with Crippen molar-refractivity contribution >= 4 is 40.7 Å². The summed E-state index contributed by atoms with van der Waals surface area (Å²) >= 11 is 12.7. The molecule has 2 aromatic rings. The van der Waals surface area contributed by atoms with Crippen LogP contribution in [0.5, 0.6) is 11.5 Å². The van der Waals surface area contributed by atoms with Gasteiger partial charge >= 0.3 is 0 Å². The number of benzene rings is 2. The Bertz CT molecular complexity index is 1170. The van der Waals surface area contributed by atoms with Gasteiger partial charge in [-0.3, -0.25) is 9.59 Å². The number of Topliss-reactive ketones (excluding diaryl/α,β-unsaturated/α-hetero) is 1. The van der Waals surface area contributed by atoms with Crippen LogP contribution in [0.4, 0.5) is 0 Å². The molecule has 2 heterocycles. The second-order valence-corrected chi connectivity index (χ2v) is 9.07. The number of ketones is 1. The molecule has 9 heteroatoms. The SMILES string of the molecule is COc1c(Cl)cc(/C(O)=C2\C(=O)C(=O)N(CC3CCCO3)C2c2cccc(C)c2)c(OC)c1Cl. The predicted molar refractivity (Wildman–Crippen MR) is 129 cm³/mol. The Balaban J connectivity index is 1.92. The number of likely N-dealkylation sites (tertiary alicyclic amines) is 1. The molecule has 2 unspecified atom stereocenters. The average molecular weight is 506 g/mol. The molecule has 2 aliphatic rings. The van der Waals surface area contributed by atoms with Crippen LogP contribution in [0.2, 0.25) is 10.0 Å². The minimum absolute atomic E-state index is 0.0414. The first kappa shape index (κ1) is 24.4. The summed E-state index contributed by atoms with van der Waals surface area (Å²) in [4.78, 5) is 27.9. The summed E-state index contributed by atoms with van der Waals surface area (Å²) in [5.41, 5.74) is 1.67. The first-order chi connectivity index (χ1) is 16.3. The quantitative estimate of drug-likeness (QED) is 0.340. The maximum Gasteiger partial charge on any atom is 0.295 e. The summed E-state index contributed by atoms with van der Waals surface area (Å²) in [6, 6.07) is 8.07. The van der Waals surface area contributed by atoms with E-state index in [0.717, 1.165) is 18.4 Å². The number of carbonyl (C=O) groups excluding carboxylic acids is 2. The normalized spacial score (nSPS) is 21.9. The standard InChI is InChI=1S/C25H25Cl2NO6/c1-13-6-4-7-14(10-13)20-18(22(30)25(31)28(20)12-15-8-5-9-34-15)21(29)16-11-17(26)24(33-3)19(27)23(16)32-2/h4,6-7,10-11,15,20,29H,5,8-9,12H2,1-3H3/b21-18+. The summed E-state index contributed by atoms with van der Waals surface area (Å²) < 4.78 is 16.4. The number of hydrogen-bond acceptors (Lipinski definition) is 6. The molecule has 2 fully saturated rings. The van der Waals surface area contributed by atoms with Crippen molar-refractivity contribution in [3.63, 3.8) is 0 Å². The number of rotatable bonds is 6. The monoisotopic (exact) mass is 505 g/mol. The lowest BCUT2D eigenvalue weighted by molar-refractivity contribution is -0.140. The van der Waals surface area contributed by atoms with Gasteiger partial charge in [-0.05, 0) is 31.4 Å². The van der Waals surface area contributed by atoms with Crippen molar-refractivity contribution in [2.75, 3.05) is 27.4 Å². The van der Waals surface area contributed by atoms with Gasteiger partial charge in [0.25, 0.3) is 11.7 Å². The second-order valence-electron chi connectivity index (χ2n) is 8.29. The molecule has 0 spiro atoms. The van der Waals surface area contributed by atoms with E-state index in [9.17, 15) is 14.7 Å². The number of carbonyl (C=O) groups is 2. The minimum Gasteiger partial charge on any atom is -0.507 e. The lowest BCUT2D eigenvalue weighted by Gasteiger charge is -2.28. The molecule has 2 aromatic carbocycles. The zero-order valence-corrected chi connectivity index (χ0v) is 20.6. The number of aliphatic hydroxyl groups is 1. The first-order valence-corrected chi connectivity index (χ1v) is 11.6. The van der Waals surface area contributed by atoms with Gasteiger partial charge in [-0.25, -0.2) is 0 Å². The third-order valence-electron chi connectivity index (χ3n) is 6.12. The van der Waals surface area contributed by atoms with E-state index < -0.39 is 23.5 Å². The van der Waals surface area contributed by atoms with Crippen LogP contribution in [0.25, 0.3) is 5.76 Å². The topological polar surface area (TPSA) is 85.3 Å². The summed E-state index contributed by atoms with van der Waals surface area (Å²) in [5, 5.41) is 11.6. The van der Waals surface area contributed by atoms with Crippen molar-refractivity contribution in [3.8, 4) is 11.5 Å². The molecule has 1 amide bonds. The maximum atomic E-state index is 13.3. The van der Waals surface area contributed by atoms with Crippen molar-refractivity contribution in [2.45, 2.75) is 31.9 Å². The minimum atomic E-state index is -0.812. The number of aliphatic hydroxyl groups excluding tert-OH is 1. The Morgan fingerprint density at radius 2 is 1.91 bits per heavy atom. The molecule has 2 saturated heterocycles. The molecule has 0 radical (unpaired) electrons. The van der Waals surface area contributed by atoms with Crippen molar-refractivity contribution in [1.82, 2.24) is 4.90 Å². The fraction of sp³-hybridized carbons (Fsp3) is 0.360. The fourth-order valence-electron chi connectivity index (χ4n) is 4.55. The number of ether oxygens (including phenoxy) is 3. The molecule has 2 atom stereocenters. The summed E-state index contributed by atoms with van der Waals surface area (Å²) in [6.07, 6.45) is 1.51. The van der Waals surface area contributed by atoms with E-state index in [2.05, 4.69) is 0 Å². The van der Waals surface area contributed by atoms with Crippen LogP contribution in [0.1, 0.15) is 35.6 Å². The van der Waals surface area contributed by atoms with E-state index in [0.29, 0.717) is 12.2 Å². The van der Waals surface area contributed by atoms with E-state index in [4.69, 9.17) is 37.4 Å². The van der Waals surface area contributed by atoms with Crippen LogP contribution in [-0.4, -0.2) is 55.2 Å². The molecule has 1 N–H and O–H groups in total. The first-order valence-electron chi connectivity index (χ1n) is 10.8. The van der Waals surface area contributed by atoms with Gasteiger partial charge in [0, 0.05) is 13.2 Å². The number of amides is 1. The Kier molecular flexibility index (Phi) is 7.07. The van der Waals surface area contributed by atoms with Gasteiger partial charge in [0.1, 0.15) is 10.8 Å².